The van der Waals surface area contributed by atoms with Gasteiger partial charge in [-0.15, -0.1) is 0 Å². The summed E-state index contributed by atoms with van der Waals surface area (Å²) in [5.74, 6) is -1.80. The van der Waals surface area contributed by atoms with E-state index in [1.807, 2.05) is 0 Å². The molecule has 23 heavy (non-hydrogen) atoms. The normalized spacial score (nSPS) is 10.1. The molecule has 0 fully saturated rings. The van der Waals surface area contributed by atoms with Gasteiger partial charge in [-0.2, -0.15) is 0 Å². The molecule has 0 atom stereocenters. The number of aliphatic carboxylic acids is 1. The number of nitrogens with one attached hydrogen (secondary N) is 1. The minimum absolute atomic E-state index is 0.0568. The number of rotatable bonds is 7. The molecule has 2 aromatic carbocycles. The lowest BCUT2D eigenvalue weighted by molar-refractivity contribution is -0.135. The van der Waals surface area contributed by atoms with Crippen LogP contribution in [0.3, 0.4) is 0 Å². The Labute approximate surface area is 133 Å². The molecule has 0 saturated heterocycles. The van der Waals surface area contributed by atoms with Gasteiger partial charge in [0, 0.05) is 17.8 Å². The van der Waals surface area contributed by atoms with Crippen LogP contribution in [0.25, 0.3) is 0 Å². The molecule has 0 heterocycles. The highest BCUT2D eigenvalue weighted by Gasteiger charge is 2.14. The molecular weight excluding hydrogens is 299 g/mol. The van der Waals surface area contributed by atoms with Gasteiger partial charge in [0.25, 0.3) is 0 Å². The Balaban J connectivity index is 1.98. The van der Waals surface area contributed by atoms with Crippen molar-refractivity contribution in [1.29, 1.82) is 0 Å². The summed E-state index contributed by atoms with van der Waals surface area (Å²) in [6, 6.07) is 15.0. The number of halogens is 1. The number of hydrogen-bond acceptors (Lipinski definition) is 3. The molecule has 2 N–H and O–H groups in total. The van der Waals surface area contributed by atoms with Crippen molar-refractivity contribution >= 4 is 17.6 Å². The third-order valence-electron chi connectivity index (χ3n) is 3.22. The van der Waals surface area contributed by atoms with Gasteiger partial charge in [0.05, 0.1) is 6.54 Å². The van der Waals surface area contributed by atoms with Gasteiger partial charge in [0.1, 0.15) is 12.4 Å². The number of hydrogen-bond donors (Lipinski definition) is 2. The second-order valence-electron chi connectivity index (χ2n) is 4.95. The van der Waals surface area contributed by atoms with Crippen molar-refractivity contribution in [2.45, 2.75) is 6.54 Å². The van der Waals surface area contributed by atoms with Gasteiger partial charge < -0.3 is 15.3 Å². The van der Waals surface area contributed by atoms with Crippen LogP contribution < -0.4 is 10.2 Å². The molecule has 0 aromatic heterocycles. The Morgan fingerprint density at radius 1 is 1.00 bits per heavy atom. The molecule has 2 rings (SSSR count). The summed E-state index contributed by atoms with van der Waals surface area (Å²) in [7, 11) is 0. The van der Waals surface area contributed by atoms with Crippen molar-refractivity contribution in [3.05, 3.63) is 66.0 Å². The predicted octanol–water partition coefficient (Wildman–Crippen LogP) is 2.03. The summed E-state index contributed by atoms with van der Waals surface area (Å²) in [6.07, 6.45) is 0. The van der Waals surface area contributed by atoms with Crippen molar-refractivity contribution in [2.24, 2.45) is 0 Å². The molecule has 0 saturated carbocycles. The maximum Gasteiger partial charge on any atom is 0.323 e. The van der Waals surface area contributed by atoms with E-state index in [0.29, 0.717) is 11.3 Å². The zero-order valence-corrected chi connectivity index (χ0v) is 12.4. The Morgan fingerprint density at radius 3 is 2.30 bits per heavy atom. The number of carbonyl (C=O) groups excluding carboxylic acids is 1. The molecule has 0 bridgehead atoms. The predicted molar refractivity (Wildman–Crippen MR) is 84.5 cm³/mol. The van der Waals surface area contributed by atoms with Crippen LogP contribution >= 0.6 is 0 Å². The first-order valence-electron chi connectivity index (χ1n) is 7.08. The first kappa shape index (κ1) is 16.5. The first-order valence-corrected chi connectivity index (χ1v) is 7.08. The van der Waals surface area contributed by atoms with Gasteiger partial charge in [0.15, 0.2) is 0 Å². The van der Waals surface area contributed by atoms with E-state index >= 15 is 0 Å². The maximum atomic E-state index is 13.5. The fourth-order valence-electron chi connectivity index (χ4n) is 2.11. The molecule has 0 aliphatic rings. The highest BCUT2D eigenvalue weighted by Crippen LogP contribution is 2.12. The lowest BCUT2D eigenvalue weighted by atomic mass is 10.2. The van der Waals surface area contributed by atoms with E-state index in [1.54, 1.807) is 48.5 Å². The molecule has 2 aromatic rings. The fraction of sp³-hybridized carbons (Fsp3) is 0.176. The zero-order chi connectivity index (χ0) is 16.7. The SMILES string of the molecule is O=C(O)CN(CC(=O)NCc1ccccc1F)c1ccccc1. The average Bonchev–Trinajstić information content (AvgIpc) is 2.54. The van der Waals surface area contributed by atoms with Crippen LogP contribution in [0.15, 0.2) is 54.6 Å². The number of para-hydroxylation sites is 1. The lowest BCUT2D eigenvalue weighted by Gasteiger charge is -2.22. The number of anilines is 1. The van der Waals surface area contributed by atoms with E-state index in [4.69, 9.17) is 5.11 Å². The van der Waals surface area contributed by atoms with Crippen molar-refractivity contribution < 1.29 is 19.1 Å². The first-order chi connectivity index (χ1) is 11.1. The van der Waals surface area contributed by atoms with Crippen molar-refractivity contribution in [2.75, 3.05) is 18.0 Å². The van der Waals surface area contributed by atoms with Gasteiger partial charge in [-0.25, -0.2) is 4.39 Å². The topological polar surface area (TPSA) is 69.6 Å². The third kappa shape index (κ3) is 5.10. The van der Waals surface area contributed by atoms with Crippen LogP contribution in [0.4, 0.5) is 10.1 Å². The van der Waals surface area contributed by atoms with Crippen molar-refractivity contribution in [3.63, 3.8) is 0 Å². The Morgan fingerprint density at radius 2 is 1.65 bits per heavy atom. The summed E-state index contributed by atoms with van der Waals surface area (Å²) < 4.78 is 13.5. The van der Waals surface area contributed by atoms with Gasteiger partial charge in [-0.1, -0.05) is 36.4 Å². The summed E-state index contributed by atoms with van der Waals surface area (Å²) in [5.41, 5.74) is 1.02. The third-order valence-corrected chi connectivity index (χ3v) is 3.22. The maximum absolute atomic E-state index is 13.5. The van der Waals surface area contributed by atoms with Crippen LogP contribution in [0, 0.1) is 5.82 Å². The van der Waals surface area contributed by atoms with Crippen LogP contribution in [-0.2, 0) is 16.1 Å². The highest BCUT2D eigenvalue weighted by atomic mass is 19.1. The van der Waals surface area contributed by atoms with Gasteiger partial charge in [0.2, 0.25) is 5.91 Å². The zero-order valence-electron chi connectivity index (χ0n) is 12.4. The minimum Gasteiger partial charge on any atom is -0.480 e. The van der Waals surface area contributed by atoms with Crippen molar-refractivity contribution in [1.82, 2.24) is 5.32 Å². The number of carbonyl (C=O) groups is 2. The molecule has 0 unspecified atom stereocenters. The molecule has 0 aliphatic carbocycles. The molecule has 0 aliphatic heterocycles. The second-order valence-corrected chi connectivity index (χ2v) is 4.95. The van der Waals surface area contributed by atoms with E-state index in [0.717, 1.165) is 0 Å². The summed E-state index contributed by atoms with van der Waals surface area (Å²) >= 11 is 0. The number of carboxylic acid groups (broad SMARTS) is 1. The Bertz CT molecular complexity index is 677. The highest BCUT2D eigenvalue weighted by molar-refractivity contribution is 5.84. The van der Waals surface area contributed by atoms with Gasteiger partial charge >= 0.3 is 5.97 Å². The van der Waals surface area contributed by atoms with Crippen LogP contribution in [0.5, 0.6) is 0 Å². The number of nitrogens with zero attached hydrogens (tertiary/aromatic N) is 1. The molecule has 1 amide bonds. The monoisotopic (exact) mass is 316 g/mol. The number of benzene rings is 2. The van der Waals surface area contributed by atoms with Crippen LogP contribution in [0.2, 0.25) is 0 Å². The molecule has 0 spiro atoms. The second kappa shape index (κ2) is 7.93. The quantitative estimate of drug-likeness (QED) is 0.820. The average molecular weight is 316 g/mol. The number of amides is 1. The van der Waals surface area contributed by atoms with E-state index in [2.05, 4.69) is 5.32 Å². The lowest BCUT2D eigenvalue weighted by Crippen LogP contribution is -2.39. The summed E-state index contributed by atoms with van der Waals surface area (Å²) in [6.45, 7) is -0.358. The smallest absolute Gasteiger partial charge is 0.323 e. The van der Waals surface area contributed by atoms with Crippen LogP contribution in [-0.4, -0.2) is 30.1 Å². The molecule has 6 heteroatoms. The van der Waals surface area contributed by atoms with Gasteiger partial charge in [-0.3, -0.25) is 9.59 Å². The summed E-state index contributed by atoms with van der Waals surface area (Å²) in [5, 5.41) is 11.6. The van der Waals surface area contributed by atoms with E-state index in [-0.39, 0.29) is 25.5 Å². The largest absolute Gasteiger partial charge is 0.480 e. The molecule has 0 radical (unpaired) electrons. The number of carboxylic acids is 1. The Kier molecular flexibility index (Phi) is 5.68. The summed E-state index contributed by atoms with van der Waals surface area (Å²) in [4.78, 5) is 24.4. The van der Waals surface area contributed by atoms with Gasteiger partial charge in [-0.05, 0) is 18.2 Å². The van der Waals surface area contributed by atoms with E-state index < -0.39 is 11.8 Å². The standard InChI is InChI=1S/C17H17FN2O3/c18-15-9-5-4-6-13(15)10-19-16(21)11-20(12-17(22)23)14-7-2-1-3-8-14/h1-9H,10-12H2,(H,19,21)(H,22,23). The Hall–Kier alpha value is -2.89. The molecule has 120 valence electrons. The van der Waals surface area contributed by atoms with Crippen molar-refractivity contribution in [3.8, 4) is 0 Å². The minimum atomic E-state index is -1.03. The van der Waals surface area contributed by atoms with E-state index in [9.17, 15) is 14.0 Å². The molecule has 5 nitrogen and oxygen atoms in total. The van der Waals surface area contributed by atoms with Crippen LogP contribution in [0.1, 0.15) is 5.56 Å². The van der Waals surface area contributed by atoms with E-state index in [1.165, 1.54) is 11.0 Å². The molecular formula is C17H17FN2O3. The fourth-order valence-corrected chi connectivity index (χ4v) is 2.11.